The van der Waals surface area contributed by atoms with E-state index in [1.165, 1.54) is 6.42 Å². The minimum Gasteiger partial charge on any atom is -0.486 e. The number of hydrogen-bond donors (Lipinski definition) is 2. The van der Waals surface area contributed by atoms with E-state index in [1.54, 1.807) is 0 Å². The summed E-state index contributed by atoms with van der Waals surface area (Å²) < 4.78 is 11.2. The molecule has 2 unspecified atom stereocenters. The zero-order valence-corrected chi connectivity index (χ0v) is 15.9. The van der Waals surface area contributed by atoms with Crippen LogP contribution in [0, 0.1) is 11.8 Å². The van der Waals surface area contributed by atoms with Crippen LogP contribution >= 0.6 is 12.4 Å². The van der Waals surface area contributed by atoms with Crippen LogP contribution in [0.15, 0.2) is 18.2 Å². The second kappa shape index (κ2) is 9.30. The first-order valence-corrected chi connectivity index (χ1v) is 9.03. The van der Waals surface area contributed by atoms with Gasteiger partial charge in [-0.2, -0.15) is 0 Å². The van der Waals surface area contributed by atoms with Gasteiger partial charge in [-0.05, 0) is 55.5 Å². The maximum atomic E-state index is 12.4. The Hall–Kier alpha value is -1.46. The zero-order valence-electron chi connectivity index (χ0n) is 15.0. The normalized spacial score (nSPS) is 20.0. The fourth-order valence-electron chi connectivity index (χ4n) is 3.43. The van der Waals surface area contributed by atoms with Crippen molar-refractivity contribution in [3.8, 4) is 11.5 Å². The standard InChI is InChI=1S/C19H28N2O3.ClH/c1-13(2)19(21-18(22)6-3-14-7-8-20-12-14)15-4-5-16-17(11-15)24-10-9-23-16;/h4-5,11,13-14,19-20H,3,6-10,12H2,1-2H3,(H,21,22);1H. The monoisotopic (exact) mass is 368 g/mol. The third kappa shape index (κ3) is 5.25. The summed E-state index contributed by atoms with van der Waals surface area (Å²) in [7, 11) is 0. The van der Waals surface area contributed by atoms with Gasteiger partial charge in [-0.15, -0.1) is 12.4 Å². The van der Waals surface area contributed by atoms with Crippen molar-refractivity contribution < 1.29 is 14.3 Å². The van der Waals surface area contributed by atoms with Gasteiger partial charge in [0.2, 0.25) is 5.91 Å². The lowest BCUT2D eigenvalue weighted by Crippen LogP contribution is -2.32. The molecule has 25 heavy (non-hydrogen) atoms. The van der Waals surface area contributed by atoms with E-state index in [2.05, 4.69) is 24.5 Å². The van der Waals surface area contributed by atoms with E-state index in [-0.39, 0.29) is 24.4 Å². The molecule has 1 aromatic carbocycles. The quantitative estimate of drug-likeness (QED) is 0.810. The summed E-state index contributed by atoms with van der Waals surface area (Å²) in [6, 6.07) is 5.96. The van der Waals surface area contributed by atoms with Gasteiger partial charge in [0.15, 0.2) is 11.5 Å². The maximum absolute atomic E-state index is 12.4. The van der Waals surface area contributed by atoms with Gasteiger partial charge >= 0.3 is 0 Å². The SMILES string of the molecule is CC(C)C(NC(=O)CCC1CCNC1)c1ccc2c(c1)OCCO2.Cl. The molecular weight excluding hydrogens is 340 g/mol. The van der Waals surface area contributed by atoms with Crippen LogP contribution in [0.1, 0.15) is 44.7 Å². The number of halogens is 1. The summed E-state index contributed by atoms with van der Waals surface area (Å²) >= 11 is 0. The fraction of sp³-hybridized carbons (Fsp3) is 0.632. The Morgan fingerprint density at radius 2 is 2.04 bits per heavy atom. The van der Waals surface area contributed by atoms with Crippen LogP contribution in [-0.4, -0.2) is 32.2 Å². The number of carbonyl (C=O) groups is 1. The van der Waals surface area contributed by atoms with Crippen molar-refractivity contribution in [1.29, 1.82) is 0 Å². The Balaban J connectivity index is 0.00000225. The van der Waals surface area contributed by atoms with Gasteiger partial charge in [0.25, 0.3) is 0 Å². The first-order valence-electron chi connectivity index (χ1n) is 9.03. The number of benzene rings is 1. The average Bonchev–Trinajstić information content (AvgIpc) is 3.10. The second-order valence-electron chi connectivity index (χ2n) is 7.09. The molecule has 2 heterocycles. The molecule has 2 aliphatic heterocycles. The van der Waals surface area contributed by atoms with Gasteiger partial charge in [-0.25, -0.2) is 0 Å². The van der Waals surface area contributed by atoms with Gasteiger partial charge in [0.05, 0.1) is 6.04 Å². The molecule has 0 aliphatic carbocycles. The highest BCUT2D eigenvalue weighted by molar-refractivity contribution is 5.85. The van der Waals surface area contributed by atoms with Crippen LogP contribution in [0.5, 0.6) is 11.5 Å². The van der Waals surface area contributed by atoms with E-state index < -0.39 is 0 Å². The van der Waals surface area contributed by atoms with Gasteiger partial charge in [-0.1, -0.05) is 19.9 Å². The Bertz CT molecular complexity index is 574. The largest absolute Gasteiger partial charge is 0.486 e. The van der Waals surface area contributed by atoms with Crippen molar-refractivity contribution in [2.75, 3.05) is 26.3 Å². The molecule has 1 fully saturated rings. The lowest BCUT2D eigenvalue weighted by molar-refractivity contribution is -0.122. The molecule has 3 rings (SSSR count). The van der Waals surface area contributed by atoms with E-state index in [1.807, 2.05) is 18.2 Å². The third-order valence-electron chi connectivity index (χ3n) is 4.85. The Morgan fingerprint density at radius 3 is 2.72 bits per heavy atom. The van der Waals surface area contributed by atoms with Crippen LogP contribution in [0.25, 0.3) is 0 Å². The molecule has 0 aromatic heterocycles. The van der Waals surface area contributed by atoms with Crippen molar-refractivity contribution in [3.05, 3.63) is 23.8 Å². The smallest absolute Gasteiger partial charge is 0.220 e. The number of amides is 1. The minimum absolute atomic E-state index is 0. The molecule has 2 aliphatic rings. The van der Waals surface area contributed by atoms with Gasteiger partial charge in [0.1, 0.15) is 13.2 Å². The Kier molecular flexibility index (Phi) is 7.38. The molecular formula is C19H29ClN2O3. The van der Waals surface area contributed by atoms with Crippen LogP contribution in [0.2, 0.25) is 0 Å². The summed E-state index contributed by atoms with van der Waals surface area (Å²) in [6.45, 7) is 7.55. The summed E-state index contributed by atoms with van der Waals surface area (Å²) in [5.74, 6) is 2.64. The molecule has 1 aromatic rings. The summed E-state index contributed by atoms with van der Waals surface area (Å²) in [5, 5.41) is 6.56. The van der Waals surface area contributed by atoms with Crippen LogP contribution in [0.3, 0.4) is 0 Å². The number of fused-ring (bicyclic) bond motifs is 1. The summed E-state index contributed by atoms with van der Waals surface area (Å²) in [5.41, 5.74) is 1.07. The first-order chi connectivity index (χ1) is 11.6. The third-order valence-corrected chi connectivity index (χ3v) is 4.85. The molecule has 1 amide bonds. The van der Waals surface area contributed by atoms with Crippen LogP contribution in [0.4, 0.5) is 0 Å². The van der Waals surface area contributed by atoms with Crippen LogP contribution < -0.4 is 20.1 Å². The van der Waals surface area contributed by atoms with Crippen LogP contribution in [-0.2, 0) is 4.79 Å². The molecule has 0 spiro atoms. The van der Waals surface area contributed by atoms with E-state index in [0.717, 1.165) is 36.6 Å². The highest BCUT2D eigenvalue weighted by Crippen LogP contribution is 2.34. The number of carbonyl (C=O) groups excluding carboxylic acids is 1. The van der Waals surface area contributed by atoms with Crippen molar-refractivity contribution in [2.45, 2.75) is 39.2 Å². The lowest BCUT2D eigenvalue weighted by atomic mass is 9.95. The molecule has 140 valence electrons. The van der Waals surface area contributed by atoms with Crippen molar-refractivity contribution in [1.82, 2.24) is 10.6 Å². The van der Waals surface area contributed by atoms with Gasteiger partial charge < -0.3 is 20.1 Å². The topological polar surface area (TPSA) is 59.6 Å². The molecule has 0 saturated carbocycles. The molecule has 2 N–H and O–H groups in total. The Labute approximate surface area is 156 Å². The number of hydrogen-bond acceptors (Lipinski definition) is 4. The Morgan fingerprint density at radius 1 is 1.28 bits per heavy atom. The fourth-order valence-corrected chi connectivity index (χ4v) is 3.43. The summed E-state index contributed by atoms with van der Waals surface area (Å²) in [6.07, 6.45) is 2.74. The van der Waals surface area contributed by atoms with E-state index in [4.69, 9.17) is 9.47 Å². The highest BCUT2D eigenvalue weighted by Gasteiger charge is 2.22. The zero-order chi connectivity index (χ0) is 16.9. The predicted molar refractivity (Wildman–Crippen MR) is 101 cm³/mol. The van der Waals surface area contributed by atoms with Gasteiger partial charge in [0, 0.05) is 6.42 Å². The number of ether oxygens (including phenoxy) is 2. The molecule has 0 radical (unpaired) electrons. The van der Waals surface area contributed by atoms with Crippen molar-refractivity contribution >= 4 is 18.3 Å². The van der Waals surface area contributed by atoms with Gasteiger partial charge in [-0.3, -0.25) is 4.79 Å². The van der Waals surface area contributed by atoms with E-state index in [9.17, 15) is 4.79 Å². The lowest BCUT2D eigenvalue weighted by Gasteiger charge is -2.25. The summed E-state index contributed by atoms with van der Waals surface area (Å²) in [4.78, 5) is 12.4. The maximum Gasteiger partial charge on any atom is 0.220 e. The second-order valence-corrected chi connectivity index (χ2v) is 7.09. The highest BCUT2D eigenvalue weighted by atomic mass is 35.5. The van der Waals surface area contributed by atoms with Crippen molar-refractivity contribution in [2.24, 2.45) is 11.8 Å². The molecule has 2 atom stereocenters. The average molecular weight is 369 g/mol. The molecule has 5 nitrogen and oxygen atoms in total. The molecule has 6 heteroatoms. The van der Waals surface area contributed by atoms with Crippen molar-refractivity contribution in [3.63, 3.8) is 0 Å². The van der Waals surface area contributed by atoms with E-state index in [0.29, 0.717) is 31.5 Å². The minimum atomic E-state index is -0.00460. The molecule has 0 bridgehead atoms. The molecule has 1 saturated heterocycles. The number of rotatable bonds is 6. The number of nitrogens with one attached hydrogen (secondary N) is 2. The predicted octanol–water partition coefficient (Wildman–Crippen LogP) is 3.08. The van der Waals surface area contributed by atoms with E-state index >= 15 is 0 Å². The first kappa shape index (κ1) is 19.9.